The Morgan fingerprint density at radius 2 is 2.00 bits per heavy atom. The predicted molar refractivity (Wildman–Crippen MR) is 137 cm³/mol. The normalized spacial score (nSPS) is 11.2. The standard InChI is InChI=1S/C24H26ClN5O2S2/c1-4-10-29(11-5-2)23(31)18-14-33-21(26-18)15-34-24-28-27-22(20-7-6-12-32-20)30(24)19-13-17(25)9-8-16(19)3/h6-9,12-14H,4-5,10-11,15H2,1-3H3. The van der Waals surface area contributed by atoms with Gasteiger partial charge in [0.2, 0.25) is 5.82 Å². The van der Waals surface area contributed by atoms with Gasteiger partial charge in [-0.15, -0.1) is 21.5 Å². The maximum Gasteiger partial charge on any atom is 0.273 e. The lowest BCUT2D eigenvalue weighted by atomic mass is 10.2. The lowest BCUT2D eigenvalue weighted by molar-refractivity contribution is 0.0750. The number of rotatable bonds is 10. The molecule has 0 saturated heterocycles. The SMILES string of the molecule is CCCN(CCC)C(=O)c1csc(CSc2nnc(-c3ccco3)n2-c2cc(Cl)ccc2C)n1. The molecule has 0 unspecified atom stereocenters. The first kappa shape index (κ1) is 24.5. The molecule has 1 aromatic carbocycles. The van der Waals surface area contributed by atoms with E-state index in [1.165, 1.54) is 23.1 Å². The van der Waals surface area contributed by atoms with Crippen molar-refractivity contribution in [2.45, 2.75) is 44.5 Å². The fraction of sp³-hybridized carbons (Fsp3) is 0.333. The van der Waals surface area contributed by atoms with Crippen LogP contribution in [0.1, 0.15) is 47.7 Å². The molecule has 3 aromatic heterocycles. The number of carbonyl (C=O) groups is 1. The van der Waals surface area contributed by atoms with Crippen LogP contribution in [0, 0.1) is 6.92 Å². The highest BCUT2D eigenvalue weighted by molar-refractivity contribution is 7.98. The van der Waals surface area contributed by atoms with E-state index in [2.05, 4.69) is 29.0 Å². The Kier molecular flexibility index (Phi) is 8.07. The number of halogens is 1. The molecule has 0 radical (unpaired) electrons. The Hall–Kier alpha value is -2.62. The molecule has 3 heterocycles. The predicted octanol–water partition coefficient (Wildman–Crippen LogP) is 6.50. The largest absolute Gasteiger partial charge is 0.461 e. The molecule has 0 saturated carbocycles. The summed E-state index contributed by atoms with van der Waals surface area (Å²) >= 11 is 9.31. The molecule has 0 aliphatic heterocycles. The summed E-state index contributed by atoms with van der Waals surface area (Å²) in [5, 5.41) is 12.8. The molecule has 34 heavy (non-hydrogen) atoms. The molecule has 10 heteroatoms. The van der Waals surface area contributed by atoms with Gasteiger partial charge in [0.25, 0.3) is 5.91 Å². The average molecular weight is 516 g/mol. The van der Waals surface area contributed by atoms with Gasteiger partial charge < -0.3 is 9.32 Å². The molecule has 0 aliphatic rings. The maximum atomic E-state index is 12.9. The monoisotopic (exact) mass is 515 g/mol. The van der Waals surface area contributed by atoms with Crippen molar-refractivity contribution in [1.29, 1.82) is 0 Å². The molecule has 1 amide bonds. The second-order valence-electron chi connectivity index (χ2n) is 7.76. The number of carbonyl (C=O) groups excluding carboxylic acids is 1. The smallest absolute Gasteiger partial charge is 0.273 e. The summed E-state index contributed by atoms with van der Waals surface area (Å²) in [6.07, 6.45) is 3.46. The van der Waals surface area contributed by atoms with Crippen LogP contribution < -0.4 is 0 Å². The molecular formula is C24H26ClN5O2S2. The summed E-state index contributed by atoms with van der Waals surface area (Å²) < 4.78 is 7.55. The number of benzene rings is 1. The molecule has 4 rings (SSSR count). The summed E-state index contributed by atoms with van der Waals surface area (Å²) in [7, 11) is 0. The Labute approximate surface area is 212 Å². The Morgan fingerprint density at radius 3 is 2.71 bits per heavy atom. The van der Waals surface area contributed by atoms with E-state index >= 15 is 0 Å². The molecule has 0 N–H and O–H groups in total. The van der Waals surface area contributed by atoms with E-state index in [0.29, 0.717) is 33.2 Å². The van der Waals surface area contributed by atoms with Crippen molar-refractivity contribution in [1.82, 2.24) is 24.6 Å². The van der Waals surface area contributed by atoms with Gasteiger partial charge in [-0.25, -0.2) is 4.98 Å². The molecule has 0 bridgehead atoms. The minimum atomic E-state index is -0.00553. The van der Waals surface area contributed by atoms with E-state index in [1.54, 1.807) is 6.26 Å². The van der Waals surface area contributed by atoms with Crippen molar-refractivity contribution in [3.05, 3.63) is 63.3 Å². The fourth-order valence-electron chi connectivity index (χ4n) is 3.59. The van der Waals surface area contributed by atoms with Gasteiger partial charge in [0.1, 0.15) is 10.7 Å². The zero-order valence-corrected chi connectivity index (χ0v) is 21.7. The first-order chi connectivity index (χ1) is 16.5. The van der Waals surface area contributed by atoms with Crippen LogP contribution in [0.2, 0.25) is 5.02 Å². The molecule has 7 nitrogen and oxygen atoms in total. The van der Waals surface area contributed by atoms with Crippen LogP contribution in [0.5, 0.6) is 0 Å². The number of thioether (sulfide) groups is 1. The van der Waals surface area contributed by atoms with E-state index in [4.69, 9.17) is 16.0 Å². The topological polar surface area (TPSA) is 77.0 Å². The van der Waals surface area contributed by atoms with Crippen LogP contribution in [0.15, 0.2) is 51.5 Å². The Morgan fingerprint density at radius 1 is 1.21 bits per heavy atom. The van der Waals surface area contributed by atoms with Crippen LogP contribution in [0.3, 0.4) is 0 Å². The van der Waals surface area contributed by atoms with E-state index in [9.17, 15) is 4.79 Å². The van der Waals surface area contributed by atoms with Crippen LogP contribution in [0.25, 0.3) is 17.3 Å². The van der Waals surface area contributed by atoms with Crippen molar-refractivity contribution >= 4 is 40.6 Å². The van der Waals surface area contributed by atoms with Crippen LogP contribution in [-0.4, -0.2) is 43.6 Å². The molecular weight excluding hydrogens is 490 g/mol. The lowest BCUT2D eigenvalue weighted by Gasteiger charge is -2.20. The van der Waals surface area contributed by atoms with Crippen LogP contribution >= 0.6 is 34.7 Å². The third-order valence-corrected chi connectivity index (χ3v) is 7.36. The first-order valence-electron chi connectivity index (χ1n) is 11.1. The molecule has 4 aromatic rings. The zero-order chi connectivity index (χ0) is 24.1. The third-order valence-electron chi connectivity index (χ3n) is 5.16. The third kappa shape index (κ3) is 5.37. The molecule has 0 aliphatic carbocycles. The minimum absolute atomic E-state index is 0.00553. The zero-order valence-electron chi connectivity index (χ0n) is 19.3. The van der Waals surface area contributed by atoms with Gasteiger partial charge in [0.05, 0.1) is 17.7 Å². The fourth-order valence-corrected chi connectivity index (χ4v) is 5.48. The molecule has 0 spiro atoms. The maximum absolute atomic E-state index is 12.9. The number of furan rings is 1. The summed E-state index contributed by atoms with van der Waals surface area (Å²) in [5.74, 6) is 1.78. The summed E-state index contributed by atoms with van der Waals surface area (Å²) in [6.45, 7) is 7.66. The number of aromatic nitrogens is 4. The van der Waals surface area contributed by atoms with Crippen LogP contribution in [0.4, 0.5) is 0 Å². The van der Waals surface area contributed by atoms with E-state index in [-0.39, 0.29) is 5.91 Å². The summed E-state index contributed by atoms with van der Waals surface area (Å²) in [5.41, 5.74) is 2.43. The van der Waals surface area contributed by atoms with E-state index in [0.717, 1.165) is 42.2 Å². The second-order valence-corrected chi connectivity index (χ2v) is 10.1. The van der Waals surface area contributed by atoms with Gasteiger partial charge in [-0.2, -0.15) is 0 Å². The highest BCUT2D eigenvalue weighted by Crippen LogP contribution is 2.32. The quantitative estimate of drug-likeness (QED) is 0.224. The molecule has 0 atom stereocenters. The highest BCUT2D eigenvalue weighted by atomic mass is 35.5. The van der Waals surface area contributed by atoms with Gasteiger partial charge >= 0.3 is 0 Å². The van der Waals surface area contributed by atoms with Gasteiger partial charge in [0, 0.05) is 23.5 Å². The minimum Gasteiger partial charge on any atom is -0.461 e. The highest BCUT2D eigenvalue weighted by Gasteiger charge is 2.21. The van der Waals surface area contributed by atoms with Crippen molar-refractivity contribution in [2.24, 2.45) is 0 Å². The van der Waals surface area contributed by atoms with Crippen molar-refractivity contribution in [3.8, 4) is 17.3 Å². The summed E-state index contributed by atoms with van der Waals surface area (Å²) in [6, 6.07) is 9.40. The Balaban J connectivity index is 1.59. The van der Waals surface area contributed by atoms with E-state index < -0.39 is 0 Å². The lowest BCUT2D eigenvalue weighted by Crippen LogP contribution is -2.32. The van der Waals surface area contributed by atoms with E-state index in [1.807, 2.05) is 52.1 Å². The number of hydrogen-bond donors (Lipinski definition) is 0. The van der Waals surface area contributed by atoms with Gasteiger partial charge in [-0.1, -0.05) is 43.3 Å². The molecule has 178 valence electrons. The number of nitrogens with zero attached hydrogens (tertiary/aromatic N) is 5. The van der Waals surface area contributed by atoms with Gasteiger partial charge in [-0.3, -0.25) is 9.36 Å². The number of aryl methyl sites for hydroxylation is 1. The Bertz CT molecular complexity index is 1250. The average Bonchev–Trinajstić information content (AvgIpc) is 3.59. The second kappa shape index (κ2) is 11.2. The van der Waals surface area contributed by atoms with Crippen molar-refractivity contribution < 1.29 is 9.21 Å². The number of amides is 1. The molecule has 0 fully saturated rings. The van der Waals surface area contributed by atoms with Crippen molar-refractivity contribution in [2.75, 3.05) is 13.1 Å². The van der Waals surface area contributed by atoms with Crippen LogP contribution in [-0.2, 0) is 5.75 Å². The van der Waals surface area contributed by atoms with Gasteiger partial charge in [-0.05, 0) is 49.6 Å². The number of thiazole rings is 1. The van der Waals surface area contributed by atoms with Gasteiger partial charge in [0.15, 0.2) is 10.9 Å². The summed E-state index contributed by atoms with van der Waals surface area (Å²) in [4.78, 5) is 19.4. The first-order valence-corrected chi connectivity index (χ1v) is 13.4. The number of hydrogen-bond acceptors (Lipinski definition) is 7. The van der Waals surface area contributed by atoms with Crippen molar-refractivity contribution in [3.63, 3.8) is 0 Å².